The third-order valence-electron chi connectivity index (χ3n) is 3.24. The Hall–Kier alpha value is -2.49. The van der Waals surface area contributed by atoms with E-state index >= 15 is 0 Å². The fourth-order valence-electron chi connectivity index (χ4n) is 1.95. The van der Waals surface area contributed by atoms with Crippen molar-refractivity contribution in [2.45, 2.75) is 20.5 Å². The zero-order chi connectivity index (χ0) is 14.7. The van der Waals surface area contributed by atoms with Gasteiger partial charge < -0.3 is 15.6 Å². The standard InChI is InChI=1S/C16H17NO3/c1-10-6-7-12(8-11(10)2)9-20-14-5-3-4-13(17)15(14)16(18)19/h3-8H,9,17H2,1-2H3,(H,18,19). The normalized spacial score (nSPS) is 10.3. The van der Waals surface area contributed by atoms with Crippen molar-refractivity contribution < 1.29 is 14.6 Å². The molecule has 0 atom stereocenters. The molecule has 0 amide bonds. The molecule has 0 fully saturated rings. The maximum absolute atomic E-state index is 11.2. The van der Waals surface area contributed by atoms with Crippen LogP contribution in [0.5, 0.6) is 5.75 Å². The molecule has 0 radical (unpaired) electrons. The summed E-state index contributed by atoms with van der Waals surface area (Å²) in [6.45, 7) is 4.38. The molecule has 2 aromatic carbocycles. The van der Waals surface area contributed by atoms with Crippen LogP contribution in [0.4, 0.5) is 5.69 Å². The summed E-state index contributed by atoms with van der Waals surface area (Å²) in [5.74, 6) is -0.797. The van der Waals surface area contributed by atoms with Crippen LogP contribution in [0.3, 0.4) is 0 Å². The third kappa shape index (κ3) is 2.91. The molecule has 2 aromatic rings. The van der Waals surface area contributed by atoms with Gasteiger partial charge in [0.25, 0.3) is 0 Å². The van der Waals surface area contributed by atoms with Crippen molar-refractivity contribution in [3.8, 4) is 5.75 Å². The Balaban J connectivity index is 2.21. The highest BCUT2D eigenvalue weighted by molar-refractivity contribution is 5.96. The SMILES string of the molecule is Cc1ccc(COc2cccc(N)c2C(=O)O)cc1C. The summed E-state index contributed by atoms with van der Waals surface area (Å²) >= 11 is 0. The maximum atomic E-state index is 11.2. The van der Waals surface area contributed by atoms with Gasteiger partial charge in [-0.25, -0.2) is 4.79 Å². The van der Waals surface area contributed by atoms with Gasteiger partial charge in [-0.15, -0.1) is 0 Å². The number of aryl methyl sites for hydroxylation is 2. The third-order valence-corrected chi connectivity index (χ3v) is 3.24. The highest BCUT2D eigenvalue weighted by atomic mass is 16.5. The second-order valence-electron chi connectivity index (χ2n) is 4.73. The van der Waals surface area contributed by atoms with Crippen molar-refractivity contribution in [1.29, 1.82) is 0 Å². The lowest BCUT2D eigenvalue weighted by Gasteiger charge is -2.11. The first-order valence-electron chi connectivity index (χ1n) is 6.29. The largest absolute Gasteiger partial charge is 0.488 e. The van der Waals surface area contributed by atoms with Crippen LogP contribution in [0.15, 0.2) is 36.4 Å². The number of carboxylic acid groups (broad SMARTS) is 1. The summed E-state index contributed by atoms with van der Waals surface area (Å²) in [5, 5.41) is 9.16. The lowest BCUT2D eigenvalue weighted by molar-refractivity contribution is 0.0693. The van der Waals surface area contributed by atoms with Crippen molar-refractivity contribution in [2.24, 2.45) is 0 Å². The number of ether oxygens (including phenoxy) is 1. The molecule has 0 bridgehead atoms. The van der Waals surface area contributed by atoms with Gasteiger partial charge in [-0.3, -0.25) is 0 Å². The van der Waals surface area contributed by atoms with Crippen LogP contribution in [0.2, 0.25) is 0 Å². The Bertz CT molecular complexity index is 650. The van der Waals surface area contributed by atoms with E-state index in [2.05, 4.69) is 0 Å². The lowest BCUT2D eigenvalue weighted by Crippen LogP contribution is -2.07. The molecule has 0 aliphatic heterocycles. The quantitative estimate of drug-likeness (QED) is 0.838. The molecule has 0 aliphatic rings. The summed E-state index contributed by atoms with van der Waals surface area (Å²) in [6, 6.07) is 10.9. The zero-order valence-electron chi connectivity index (χ0n) is 11.5. The summed E-state index contributed by atoms with van der Waals surface area (Å²) in [5.41, 5.74) is 9.27. The van der Waals surface area contributed by atoms with Crippen LogP contribution in [-0.4, -0.2) is 11.1 Å². The van der Waals surface area contributed by atoms with Crippen LogP contribution in [0.1, 0.15) is 27.0 Å². The Labute approximate surface area is 117 Å². The zero-order valence-corrected chi connectivity index (χ0v) is 11.5. The van der Waals surface area contributed by atoms with Crippen LogP contribution in [0, 0.1) is 13.8 Å². The lowest BCUT2D eigenvalue weighted by atomic mass is 10.1. The van der Waals surface area contributed by atoms with E-state index in [1.165, 1.54) is 11.1 Å². The Morgan fingerprint density at radius 2 is 1.95 bits per heavy atom. The number of aromatic carboxylic acids is 1. The molecule has 0 saturated carbocycles. The summed E-state index contributed by atoms with van der Waals surface area (Å²) < 4.78 is 5.60. The molecule has 20 heavy (non-hydrogen) atoms. The van der Waals surface area contributed by atoms with E-state index < -0.39 is 5.97 Å². The van der Waals surface area contributed by atoms with Crippen LogP contribution >= 0.6 is 0 Å². The summed E-state index contributed by atoms with van der Waals surface area (Å²) in [6.07, 6.45) is 0. The van der Waals surface area contributed by atoms with Crippen LogP contribution in [-0.2, 0) is 6.61 Å². The molecular formula is C16H17NO3. The van der Waals surface area contributed by atoms with Crippen LogP contribution < -0.4 is 10.5 Å². The van der Waals surface area contributed by atoms with Crippen molar-refractivity contribution in [3.63, 3.8) is 0 Å². The van der Waals surface area contributed by atoms with Gasteiger partial charge in [-0.05, 0) is 42.7 Å². The molecule has 0 heterocycles. The highest BCUT2D eigenvalue weighted by Gasteiger charge is 2.14. The van der Waals surface area contributed by atoms with Crippen molar-refractivity contribution in [3.05, 3.63) is 58.7 Å². The predicted molar refractivity (Wildman–Crippen MR) is 78.1 cm³/mol. The number of nitrogens with two attached hydrogens (primary N) is 1. The Morgan fingerprint density at radius 3 is 2.60 bits per heavy atom. The van der Waals surface area contributed by atoms with E-state index in [9.17, 15) is 4.79 Å². The van der Waals surface area contributed by atoms with Gasteiger partial charge >= 0.3 is 5.97 Å². The van der Waals surface area contributed by atoms with Gasteiger partial charge in [0.2, 0.25) is 0 Å². The first kappa shape index (κ1) is 13.9. The first-order valence-corrected chi connectivity index (χ1v) is 6.29. The number of carboxylic acids is 1. The molecule has 0 unspecified atom stereocenters. The van der Waals surface area contributed by atoms with Crippen molar-refractivity contribution >= 4 is 11.7 Å². The van der Waals surface area contributed by atoms with Gasteiger partial charge in [0.15, 0.2) is 0 Å². The van der Waals surface area contributed by atoms with E-state index in [-0.39, 0.29) is 17.0 Å². The molecule has 4 heteroatoms. The Kier molecular flexibility index (Phi) is 3.94. The molecule has 4 nitrogen and oxygen atoms in total. The molecule has 0 saturated heterocycles. The summed E-state index contributed by atoms with van der Waals surface area (Å²) in [7, 11) is 0. The van der Waals surface area contributed by atoms with Crippen molar-refractivity contribution in [1.82, 2.24) is 0 Å². The molecular weight excluding hydrogens is 254 g/mol. The second-order valence-corrected chi connectivity index (χ2v) is 4.73. The number of anilines is 1. The predicted octanol–water partition coefficient (Wildman–Crippen LogP) is 3.16. The summed E-state index contributed by atoms with van der Waals surface area (Å²) in [4.78, 5) is 11.2. The molecule has 2 rings (SSSR count). The van der Waals surface area contributed by atoms with Crippen LogP contribution in [0.25, 0.3) is 0 Å². The van der Waals surface area contributed by atoms with E-state index in [0.717, 1.165) is 5.56 Å². The van der Waals surface area contributed by atoms with Gasteiger partial charge in [-0.2, -0.15) is 0 Å². The minimum Gasteiger partial charge on any atom is -0.488 e. The van der Waals surface area contributed by atoms with E-state index in [4.69, 9.17) is 15.6 Å². The van der Waals surface area contributed by atoms with Gasteiger partial charge in [0.1, 0.15) is 17.9 Å². The molecule has 104 valence electrons. The number of carbonyl (C=O) groups is 1. The van der Waals surface area contributed by atoms with Crippen molar-refractivity contribution in [2.75, 3.05) is 5.73 Å². The van der Waals surface area contributed by atoms with Gasteiger partial charge in [-0.1, -0.05) is 24.3 Å². The number of hydrogen-bond acceptors (Lipinski definition) is 3. The number of nitrogen functional groups attached to an aromatic ring is 1. The minimum absolute atomic E-state index is 0.0105. The number of hydrogen-bond donors (Lipinski definition) is 2. The fourth-order valence-corrected chi connectivity index (χ4v) is 1.95. The Morgan fingerprint density at radius 1 is 1.20 bits per heavy atom. The number of benzene rings is 2. The topological polar surface area (TPSA) is 72.5 Å². The fraction of sp³-hybridized carbons (Fsp3) is 0.188. The van der Waals surface area contributed by atoms with E-state index in [1.807, 2.05) is 32.0 Å². The second kappa shape index (κ2) is 5.65. The van der Waals surface area contributed by atoms with E-state index in [0.29, 0.717) is 6.61 Å². The van der Waals surface area contributed by atoms with Gasteiger partial charge in [0.05, 0.1) is 0 Å². The monoisotopic (exact) mass is 271 g/mol. The van der Waals surface area contributed by atoms with E-state index in [1.54, 1.807) is 18.2 Å². The maximum Gasteiger partial charge on any atom is 0.341 e. The molecule has 3 N–H and O–H groups in total. The molecule has 0 spiro atoms. The molecule has 0 aromatic heterocycles. The highest BCUT2D eigenvalue weighted by Crippen LogP contribution is 2.25. The minimum atomic E-state index is -1.09. The average molecular weight is 271 g/mol. The van der Waals surface area contributed by atoms with Gasteiger partial charge in [0, 0.05) is 5.69 Å². The average Bonchev–Trinajstić information content (AvgIpc) is 2.39. The number of rotatable bonds is 4. The molecule has 0 aliphatic carbocycles. The first-order chi connectivity index (χ1) is 9.49. The smallest absolute Gasteiger partial charge is 0.341 e.